The molecule has 174 valence electrons. The Labute approximate surface area is 201 Å². The van der Waals surface area contributed by atoms with Gasteiger partial charge < -0.3 is 15.1 Å². The molecule has 0 radical (unpaired) electrons. The minimum Gasteiger partial charge on any atom is -0.367 e. The molecule has 34 heavy (non-hydrogen) atoms. The van der Waals surface area contributed by atoms with Crippen LogP contribution in [0.25, 0.3) is 0 Å². The van der Waals surface area contributed by atoms with Gasteiger partial charge in [-0.2, -0.15) is 0 Å². The van der Waals surface area contributed by atoms with E-state index in [2.05, 4.69) is 10.2 Å². The molecular formula is C25H23ClN4O4. The predicted molar refractivity (Wildman–Crippen MR) is 132 cm³/mol. The van der Waals surface area contributed by atoms with Gasteiger partial charge in [0.2, 0.25) is 0 Å². The topological polar surface area (TPSA) is 95.8 Å². The minimum absolute atomic E-state index is 0.0193. The van der Waals surface area contributed by atoms with E-state index >= 15 is 0 Å². The summed E-state index contributed by atoms with van der Waals surface area (Å²) in [5.74, 6) is -0.360. The van der Waals surface area contributed by atoms with Gasteiger partial charge in [-0.15, -0.1) is 0 Å². The molecule has 3 aromatic carbocycles. The number of amides is 2. The SMILES string of the molecule is Cc1cc(C(=O)Nc2ccc(N3CCN(C(=O)c4ccccc4)CC3)c(Cl)c2)ccc1[N+](=O)[O-]. The summed E-state index contributed by atoms with van der Waals surface area (Å²) in [6.07, 6.45) is 0. The first kappa shape index (κ1) is 23.3. The van der Waals surface area contributed by atoms with Gasteiger partial charge >= 0.3 is 0 Å². The highest BCUT2D eigenvalue weighted by Gasteiger charge is 2.23. The van der Waals surface area contributed by atoms with Crippen LogP contribution in [0.1, 0.15) is 26.3 Å². The molecule has 1 saturated heterocycles. The van der Waals surface area contributed by atoms with Gasteiger partial charge in [0.1, 0.15) is 0 Å². The summed E-state index contributed by atoms with van der Waals surface area (Å²) in [5.41, 5.74) is 2.73. The molecule has 0 spiro atoms. The Morgan fingerprint density at radius 3 is 2.26 bits per heavy atom. The number of piperazine rings is 1. The highest BCUT2D eigenvalue weighted by molar-refractivity contribution is 6.33. The predicted octanol–water partition coefficient (Wildman–Crippen LogP) is 4.77. The van der Waals surface area contributed by atoms with Crippen LogP contribution < -0.4 is 10.2 Å². The standard InChI is InChI=1S/C25H23ClN4O4/c1-17-15-19(7-9-22(17)30(33)34)24(31)27-20-8-10-23(21(26)16-20)28-11-13-29(14-12-28)25(32)18-5-3-2-4-6-18/h2-10,15-16H,11-14H2,1H3,(H,27,31). The second-order valence-corrected chi connectivity index (χ2v) is 8.43. The van der Waals surface area contributed by atoms with Crippen molar-refractivity contribution in [2.75, 3.05) is 36.4 Å². The Bertz CT molecular complexity index is 1240. The number of hydrogen-bond acceptors (Lipinski definition) is 5. The normalized spacial score (nSPS) is 13.5. The molecule has 9 heteroatoms. The molecule has 0 saturated carbocycles. The minimum atomic E-state index is -0.479. The summed E-state index contributed by atoms with van der Waals surface area (Å²) < 4.78 is 0. The van der Waals surface area contributed by atoms with Crippen molar-refractivity contribution in [3.05, 3.63) is 98.6 Å². The van der Waals surface area contributed by atoms with Crippen molar-refractivity contribution in [3.63, 3.8) is 0 Å². The van der Waals surface area contributed by atoms with Crippen LogP contribution in [0.3, 0.4) is 0 Å². The summed E-state index contributed by atoms with van der Waals surface area (Å²) in [6.45, 7) is 4.05. The molecule has 0 atom stereocenters. The third kappa shape index (κ3) is 5.02. The lowest BCUT2D eigenvalue weighted by Gasteiger charge is -2.36. The molecular weight excluding hydrogens is 456 g/mol. The second kappa shape index (κ2) is 9.93. The van der Waals surface area contributed by atoms with E-state index in [9.17, 15) is 19.7 Å². The molecule has 0 bridgehead atoms. The number of rotatable bonds is 5. The Balaban J connectivity index is 1.39. The summed E-state index contributed by atoms with van der Waals surface area (Å²) in [7, 11) is 0. The van der Waals surface area contributed by atoms with Gasteiger partial charge in [-0.3, -0.25) is 19.7 Å². The number of anilines is 2. The largest absolute Gasteiger partial charge is 0.367 e. The van der Waals surface area contributed by atoms with Gasteiger partial charge in [0.25, 0.3) is 17.5 Å². The lowest BCUT2D eigenvalue weighted by Crippen LogP contribution is -2.48. The quantitative estimate of drug-likeness (QED) is 0.421. The van der Waals surface area contributed by atoms with Crippen molar-refractivity contribution in [2.24, 2.45) is 0 Å². The fourth-order valence-electron chi connectivity index (χ4n) is 3.96. The number of nitrogens with one attached hydrogen (secondary N) is 1. The number of nitro benzene ring substituents is 1. The van der Waals surface area contributed by atoms with Crippen molar-refractivity contribution < 1.29 is 14.5 Å². The number of benzene rings is 3. The number of aryl methyl sites for hydroxylation is 1. The highest BCUT2D eigenvalue weighted by atomic mass is 35.5. The number of nitro groups is 1. The fourth-order valence-corrected chi connectivity index (χ4v) is 4.26. The maximum absolute atomic E-state index is 12.7. The molecule has 0 aromatic heterocycles. The fraction of sp³-hybridized carbons (Fsp3) is 0.200. The molecule has 1 N–H and O–H groups in total. The zero-order valence-corrected chi connectivity index (χ0v) is 19.3. The van der Waals surface area contributed by atoms with Gasteiger partial charge in [-0.1, -0.05) is 29.8 Å². The van der Waals surface area contributed by atoms with Crippen molar-refractivity contribution in [1.82, 2.24) is 4.90 Å². The highest BCUT2D eigenvalue weighted by Crippen LogP contribution is 2.30. The van der Waals surface area contributed by atoms with Gasteiger partial charge in [0.05, 0.1) is 15.6 Å². The average molecular weight is 479 g/mol. The van der Waals surface area contributed by atoms with E-state index in [0.717, 1.165) is 5.69 Å². The van der Waals surface area contributed by atoms with E-state index in [1.807, 2.05) is 41.3 Å². The average Bonchev–Trinajstić information content (AvgIpc) is 2.84. The number of halogens is 1. The van der Waals surface area contributed by atoms with Crippen LogP contribution in [-0.4, -0.2) is 47.8 Å². The van der Waals surface area contributed by atoms with Gasteiger partial charge in [0.15, 0.2) is 0 Å². The summed E-state index contributed by atoms with van der Waals surface area (Å²) >= 11 is 6.52. The lowest BCUT2D eigenvalue weighted by atomic mass is 10.1. The lowest BCUT2D eigenvalue weighted by molar-refractivity contribution is -0.385. The summed E-state index contributed by atoms with van der Waals surface area (Å²) in [6, 6.07) is 18.7. The number of carbonyl (C=O) groups is 2. The van der Waals surface area contributed by atoms with Crippen LogP contribution in [0, 0.1) is 17.0 Å². The van der Waals surface area contributed by atoms with Crippen LogP contribution in [-0.2, 0) is 0 Å². The maximum atomic E-state index is 12.7. The molecule has 4 rings (SSSR count). The first-order chi connectivity index (χ1) is 16.3. The van der Waals surface area contributed by atoms with E-state index in [1.54, 1.807) is 19.1 Å². The van der Waals surface area contributed by atoms with Crippen LogP contribution in [0.4, 0.5) is 17.1 Å². The number of nitrogens with zero attached hydrogens (tertiary/aromatic N) is 3. The van der Waals surface area contributed by atoms with E-state index < -0.39 is 4.92 Å². The Kier molecular flexibility index (Phi) is 6.79. The molecule has 1 aliphatic rings. The number of hydrogen-bond donors (Lipinski definition) is 1. The monoisotopic (exact) mass is 478 g/mol. The Hall–Kier alpha value is -3.91. The van der Waals surface area contributed by atoms with Crippen molar-refractivity contribution in [3.8, 4) is 0 Å². The van der Waals surface area contributed by atoms with Gasteiger partial charge in [0, 0.05) is 54.6 Å². The molecule has 1 fully saturated rings. The Morgan fingerprint density at radius 1 is 0.941 bits per heavy atom. The zero-order chi connectivity index (χ0) is 24.2. The molecule has 2 amide bonds. The van der Waals surface area contributed by atoms with Crippen LogP contribution >= 0.6 is 11.6 Å². The number of carbonyl (C=O) groups excluding carboxylic acids is 2. The van der Waals surface area contributed by atoms with Crippen LogP contribution in [0.5, 0.6) is 0 Å². The Morgan fingerprint density at radius 2 is 1.65 bits per heavy atom. The zero-order valence-electron chi connectivity index (χ0n) is 18.5. The first-order valence-corrected chi connectivity index (χ1v) is 11.2. The van der Waals surface area contributed by atoms with Crippen molar-refractivity contribution >= 4 is 40.5 Å². The molecule has 8 nitrogen and oxygen atoms in total. The van der Waals surface area contributed by atoms with E-state index in [4.69, 9.17) is 11.6 Å². The van der Waals surface area contributed by atoms with E-state index in [1.165, 1.54) is 18.2 Å². The third-order valence-electron chi connectivity index (χ3n) is 5.79. The molecule has 3 aromatic rings. The van der Waals surface area contributed by atoms with E-state index in [-0.39, 0.29) is 17.5 Å². The first-order valence-electron chi connectivity index (χ1n) is 10.8. The summed E-state index contributed by atoms with van der Waals surface area (Å²) in [4.78, 5) is 39.7. The van der Waals surface area contributed by atoms with Crippen LogP contribution in [0.2, 0.25) is 5.02 Å². The van der Waals surface area contributed by atoms with Gasteiger partial charge in [-0.05, 0) is 49.4 Å². The van der Waals surface area contributed by atoms with Crippen LogP contribution in [0.15, 0.2) is 66.7 Å². The van der Waals surface area contributed by atoms with Crippen molar-refractivity contribution in [2.45, 2.75) is 6.92 Å². The molecule has 1 aliphatic heterocycles. The smallest absolute Gasteiger partial charge is 0.272 e. The third-order valence-corrected chi connectivity index (χ3v) is 6.09. The maximum Gasteiger partial charge on any atom is 0.272 e. The molecule has 0 unspecified atom stereocenters. The van der Waals surface area contributed by atoms with E-state index in [0.29, 0.717) is 53.6 Å². The second-order valence-electron chi connectivity index (χ2n) is 8.02. The summed E-state index contributed by atoms with van der Waals surface area (Å²) in [5, 5.41) is 14.2. The molecule has 1 heterocycles. The van der Waals surface area contributed by atoms with Crippen molar-refractivity contribution in [1.29, 1.82) is 0 Å². The molecule has 0 aliphatic carbocycles. The van der Waals surface area contributed by atoms with Gasteiger partial charge in [-0.25, -0.2) is 0 Å².